The van der Waals surface area contributed by atoms with Crippen LogP contribution in [0.3, 0.4) is 0 Å². The molecule has 0 bridgehead atoms. The van der Waals surface area contributed by atoms with Gasteiger partial charge in [0.05, 0.1) is 26.7 Å². The van der Waals surface area contributed by atoms with Gasteiger partial charge in [-0.15, -0.1) is 0 Å². The van der Waals surface area contributed by atoms with Gasteiger partial charge in [-0.05, 0) is 42.0 Å². The van der Waals surface area contributed by atoms with Crippen LogP contribution in [0.4, 0.5) is 0 Å². The highest BCUT2D eigenvalue weighted by molar-refractivity contribution is 6.02. The number of hydrogen-bond donors (Lipinski definition) is 0. The second-order valence-corrected chi connectivity index (χ2v) is 5.54. The Labute approximate surface area is 140 Å². The first kappa shape index (κ1) is 16.0. The fourth-order valence-electron chi connectivity index (χ4n) is 2.79. The molecule has 0 amide bonds. The Kier molecular flexibility index (Phi) is 4.24. The second-order valence-electron chi connectivity index (χ2n) is 5.54. The van der Waals surface area contributed by atoms with Crippen molar-refractivity contribution in [1.82, 2.24) is 0 Å². The highest BCUT2D eigenvalue weighted by Gasteiger charge is 2.61. The van der Waals surface area contributed by atoms with E-state index in [4.69, 9.17) is 19.5 Å². The summed E-state index contributed by atoms with van der Waals surface area (Å²) in [5.41, 5.74) is 0.462. The first-order valence-corrected chi connectivity index (χ1v) is 7.52. The predicted octanol–water partition coefficient (Wildman–Crippen LogP) is 3.09. The summed E-state index contributed by atoms with van der Waals surface area (Å²) in [6.45, 7) is 0. The predicted molar refractivity (Wildman–Crippen MR) is 87.1 cm³/mol. The number of carbonyl (C=O) groups excluding carboxylic acids is 1. The number of Topliss-reactive ketones (excluding diaryl/α,β-unsaturated/α-hetero) is 1. The lowest BCUT2D eigenvalue weighted by molar-refractivity contribution is 0.0953. The molecule has 0 aliphatic carbocycles. The Morgan fingerprint density at radius 1 is 1.08 bits per heavy atom. The Hall–Kier alpha value is -2.84. The number of hydrogen-bond acceptors (Lipinski definition) is 5. The minimum Gasteiger partial charge on any atom is -0.497 e. The van der Waals surface area contributed by atoms with Crippen LogP contribution < -0.4 is 9.47 Å². The van der Waals surface area contributed by atoms with E-state index < -0.39 is 11.7 Å². The van der Waals surface area contributed by atoms with E-state index in [9.17, 15) is 4.79 Å². The third-order valence-electron chi connectivity index (χ3n) is 4.23. The van der Waals surface area contributed by atoms with Gasteiger partial charge in [-0.1, -0.05) is 12.1 Å². The zero-order valence-corrected chi connectivity index (χ0v) is 13.5. The van der Waals surface area contributed by atoms with Crippen molar-refractivity contribution in [3.05, 3.63) is 59.7 Å². The number of rotatable bonds is 6. The minimum atomic E-state index is -0.877. The average molecular weight is 323 g/mol. The van der Waals surface area contributed by atoms with Crippen molar-refractivity contribution in [1.29, 1.82) is 5.26 Å². The van der Waals surface area contributed by atoms with Gasteiger partial charge in [0.15, 0.2) is 11.9 Å². The third-order valence-corrected chi connectivity index (χ3v) is 4.23. The lowest BCUT2D eigenvalue weighted by Crippen LogP contribution is -2.19. The smallest absolute Gasteiger partial charge is 0.195 e. The van der Waals surface area contributed by atoms with Crippen molar-refractivity contribution in [3.63, 3.8) is 0 Å². The molecule has 1 aliphatic heterocycles. The topological polar surface area (TPSA) is 71.8 Å². The molecule has 1 aliphatic rings. The maximum Gasteiger partial charge on any atom is 0.195 e. The van der Waals surface area contributed by atoms with Crippen LogP contribution in [-0.2, 0) is 10.3 Å². The van der Waals surface area contributed by atoms with E-state index in [1.807, 2.05) is 12.1 Å². The Balaban J connectivity index is 1.85. The van der Waals surface area contributed by atoms with Crippen molar-refractivity contribution in [2.24, 2.45) is 0 Å². The molecule has 1 fully saturated rings. The molecule has 0 radical (unpaired) electrons. The van der Waals surface area contributed by atoms with Crippen molar-refractivity contribution in [3.8, 4) is 17.6 Å². The van der Waals surface area contributed by atoms with E-state index in [-0.39, 0.29) is 12.2 Å². The molecule has 0 spiro atoms. The maximum atomic E-state index is 12.7. The van der Waals surface area contributed by atoms with E-state index in [1.165, 1.54) is 0 Å². The summed E-state index contributed by atoms with van der Waals surface area (Å²) in [6.07, 6.45) is -0.537. The van der Waals surface area contributed by atoms with Crippen LogP contribution in [0.5, 0.6) is 11.5 Å². The van der Waals surface area contributed by atoms with Gasteiger partial charge in [0.2, 0.25) is 0 Å². The van der Waals surface area contributed by atoms with Gasteiger partial charge in [-0.3, -0.25) is 4.79 Å². The van der Waals surface area contributed by atoms with Gasteiger partial charge < -0.3 is 14.2 Å². The van der Waals surface area contributed by atoms with Crippen LogP contribution in [0.2, 0.25) is 0 Å². The summed E-state index contributed by atoms with van der Waals surface area (Å²) in [4.78, 5) is 12.7. The average Bonchev–Trinajstić information content (AvgIpc) is 3.37. The van der Waals surface area contributed by atoms with Gasteiger partial charge in [0, 0.05) is 5.56 Å². The summed E-state index contributed by atoms with van der Waals surface area (Å²) in [6, 6.07) is 16.2. The second kappa shape index (κ2) is 6.34. The SMILES string of the molecule is COc1ccc(C(=O)C2OC2(CC#N)c2ccc(OC)cc2)cc1. The third kappa shape index (κ3) is 2.72. The van der Waals surface area contributed by atoms with Crippen LogP contribution in [-0.4, -0.2) is 26.1 Å². The molecule has 2 unspecified atom stereocenters. The highest BCUT2D eigenvalue weighted by Crippen LogP contribution is 2.50. The molecule has 1 saturated heterocycles. The van der Waals surface area contributed by atoms with Gasteiger partial charge in [0.1, 0.15) is 17.1 Å². The van der Waals surface area contributed by atoms with Crippen LogP contribution >= 0.6 is 0 Å². The minimum absolute atomic E-state index is 0.117. The van der Waals surface area contributed by atoms with E-state index >= 15 is 0 Å². The van der Waals surface area contributed by atoms with E-state index in [0.717, 1.165) is 5.56 Å². The molecule has 0 saturated carbocycles. The van der Waals surface area contributed by atoms with E-state index in [2.05, 4.69) is 6.07 Å². The first-order chi connectivity index (χ1) is 11.6. The summed E-state index contributed by atoms with van der Waals surface area (Å²) in [7, 11) is 3.16. The molecule has 2 atom stereocenters. The number of carbonyl (C=O) groups is 1. The van der Waals surface area contributed by atoms with Crippen molar-refractivity contribution >= 4 is 5.78 Å². The summed E-state index contributed by atoms with van der Waals surface area (Å²) >= 11 is 0. The van der Waals surface area contributed by atoms with Crippen LogP contribution in [0.25, 0.3) is 0 Å². The summed E-state index contributed by atoms with van der Waals surface area (Å²) < 4.78 is 16.0. The van der Waals surface area contributed by atoms with Gasteiger partial charge in [0.25, 0.3) is 0 Å². The van der Waals surface area contributed by atoms with Crippen LogP contribution in [0.1, 0.15) is 22.3 Å². The Bertz CT molecular complexity index is 777. The van der Waals surface area contributed by atoms with E-state index in [1.54, 1.807) is 50.6 Å². The lowest BCUT2D eigenvalue weighted by Gasteiger charge is -2.10. The zero-order valence-electron chi connectivity index (χ0n) is 13.5. The zero-order chi connectivity index (χ0) is 17.2. The largest absolute Gasteiger partial charge is 0.497 e. The quantitative estimate of drug-likeness (QED) is 0.603. The van der Waals surface area contributed by atoms with Gasteiger partial charge >= 0.3 is 0 Å². The number of nitrogens with zero attached hydrogens (tertiary/aromatic N) is 1. The molecule has 5 nitrogen and oxygen atoms in total. The first-order valence-electron chi connectivity index (χ1n) is 7.52. The Morgan fingerprint density at radius 3 is 2.12 bits per heavy atom. The summed E-state index contributed by atoms with van der Waals surface area (Å²) in [5.74, 6) is 1.26. The number of ketones is 1. The monoisotopic (exact) mass is 323 g/mol. The van der Waals surface area contributed by atoms with Crippen LogP contribution in [0.15, 0.2) is 48.5 Å². The maximum absolute atomic E-state index is 12.7. The molecule has 0 N–H and O–H groups in total. The number of epoxide rings is 1. The highest BCUT2D eigenvalue weighted by atomic mass is 16.6. The lowest BCUT2D eigenvalue weighted by atomic mass is 9.89. The molecule has 24 heavy (non-hydrogen) atoms. The summed E-state index contributed by atoms with van der Waals surface area (Å²) in [5, 5.41) is 9.16. The normalized spacial score (nSPS) is 21.6. The fourth-order valence-corrected chi connectivity index (χ4v) is 2.79. The van der Waals surface area contributed by atoms with Crippen LogP contribution in [0, 0.1) is 11.3 Å². The molecule has 2 aromatic rings. The number of nitriles is 1. The Morgan fingerprint density at radius 2 is 1.62 bits per heavy atom. The van der Waals surface area contributed by atoms with Gasteiger partial charge in [-0.25, -0.2) is 0 Å². The molecule has 122 valence electrons. The number of methoxy groups -OCH3 is 2. The fraction of sp³-hybridized carbons (Fsp3) is 0.263. The number of ether oxygens (including phenoxy) is 3. The van der Waals surface area contributed by atoms with E-state index in [0.29, 0.717) is 17.1 Å². The van der Waals surface area contributed by atoms with Crippen molar-refractivity contribution in [2.75, 3.05) is 14.2 Å². The van der Waals surface area contributed by atoms with Gasteiger partial charge in [-0.2, -0.15) is 5.26 Å². The molecule has 3 rings (SSSR count). The molecule has 0 aromatic heterocycles. The standard InChI is InChI=1S/C19H17NO4/c1-22-15-7-3-13(4-8-15)17(21)18-19(24-18,11-12-20)14-5-9-16(23-2)10-6-14/h3-10,18H,11H2,1-2H3. The van der Waals surface area contributed by atoms with Crippen molar-refractivity contribution in [2.45, 2.75) is 18.1 Å². The molecular formula is C19H17NO4. The molecule has 1 heterocycles. The molecule has 5 heteroatoms. The number of benzene rings is 2. The molecular weight excluding hydrogens is 306 g/mol. The molecule has 2 aromatic carbocycles. The van der Waals surface area contributed by atoms with Crippen molar-refractivity contribution < 1.29 is 19.0 Å².